The molecule has 10 nitrogen and oxygen atoms in total. The maximum atomic E-state index is 6.09. The Morgan fingerprint density at radius 2 is 1.80 bits per heavy atom. The van der Waals surface area contributed by atoms with Gasteiger partial charge in [-0.25, -0.2) is 0 Å². The topological polar surface area (TPSA) is 99.8 Å². The van der Waals surface area contributed by atoms with Crippen molar-refractivity contribution >= 4 is 53.5 Å². The van der Waals surface area contributed by atoms with Crippen LogP contribution in [0, 0.1) is 0 Å². The normalized spacial score (nSPS) is 14.3. The van der Waals surface area contributed by atoms with Crippen molar-refractivity contribution in [1.29, 1.82) is 0 Å². The van der Waals surface area contributed by atoms with Gasteiger partial charge in [-0.05, 0) is 64.2 Å². The second-order valence-corrected chi connectivity index (χ2v) is 11.5. The van der Waals surface area contributed by atoms with Crippen molar-refractivity contribution in [2.75, 3.05) is 63.5 Å². The van der Waals surface area contributed by atoms with E-state index in [1.807, 2.05) is 49.5 Å². The monoisotopic (exact) mass is 563 g/mol. The zero-order valence-electron chi connectivity index (χ0n) is 23.8. The maximum Gasteiger partial charge on any atom is 0.231 e. The Hall–Kier alpha value is -3.43. The van der Waals surface area contributed by atoms with Gasteiger partial charge in [0.15, 0.2) is 0 Å². The highest BCUT2D eigenvalue weighted by Crippen LogP contribution is 2.39. The van der Waals surface area contributed by atoms with Gasteiger partial charge in [0, 0.05) is 51.3 Å². The number of anilines is 5. The molecular formula is C29H38N7O3P. The van der Waals surface area contributed by atoms with Gasteiger partial charge in [-0.3, -0.25) is 0 Å². The lowest BCUT2D eigenvalue weighted by molar-refractivity contribution is 0.249. The Labute approximate surface area is 237 Å². The minimum absolute atomic E-state index is 0.470. The number of fused-ring (bicyclic) bond motifs is 1. The van der Waals surface area contributed by atoms with Crippen molar-refractivity contribution in [3.8, 4) is 5.75 Å². The van der Waals surface area contributed by atoms with E-state index in [0.717, 1.165) is 65.1 Å². The Bertz CT molecular complexity index is 1420. The first kappa shape index (κ1) is 28.1. The number of nitrogens with one attached hydrogen (secondary N) is 3. The van der Waals surface area contributed by atoms with Crippen molar-refractivity contribution in [3.63, 3.8) is 0 Å². The summed E-state index contributed by atoms with van der Waals surface area (Å²) in [6.07, 6.45) is 4.13. The summed E-state index contributed by atoms with van der Waals surface area (Å²) >= 11 is 0. The first-order valence-corrected chi connectivity index (χ1v) is 14.7. The lowest BCUT2D eigenvalue weighted by atomic mass is 10.0. The largest absolute Gasteiger partial charge is 0.492 e. The van der Waals surface area contributed by atoms with E-state index < -0.39 is 8.38 Å². The van der Waals surface area contributed by atoms with Crippen LogP contribution in [-0.2, 0) is 9.05 Å². The lowest BCUT2D eigenvalue weighted by Crippen LogP contribution is -2.42. The maximum absolute atomic E-state index is 6.09. The van der Waals surface area contributed by atoms with Gasteiger partial charge in [-0.15, -0.1) is 0 Å². The fraction of sp³-hybridized carbons (Fsp3) is 0.379. The summed E-state index contributed by atoms with van der Waals surface area (Å²) in [6.45, 7) is 4.62. The molecule has 212 valence electrons. The SMILES string of the molecule is CCOc1cc(Nc2nc(Nc3ccccc3P(OC)OC)c3cc[nH]c3n2)ccc1N1CCC(N(C)C)CC1. The van der Waals surface area contributed by atoms with E-state index >= 15 is 0 Å². The predicted molar refractivity (Wildman–Crippen MR) is 164 cm³/mol. The van der Waals surface area contributed by atoms with Gasteiger partial charge >= 0.3 is 0 Å². The van der Waals surface area contributed by atoms with Crippen molar-refractivity contribution in [2.45, 2.75) is 25.8 Å². The fourth-order valence-corrected chi connectivity index (χ4v) is 6.18. The molecule has 0 unspecified atom stereocenters. The Morgan fingerprint density at radius 3 is 2.52 bits per heavy atom. The van der Waals surface area contributed by atoms with E-state index in [-0.39, 0.29) is 0 Å². The number of hydrogen-bond acceptors (Lipinski definition) is 9. The van der Waals surface area contributed by atoms with E-state index in [1.54, 1.807) is 14.2 Å². The first-order valence-electron chi connectivity index (χ1n) is 13.6. The van der Waals surface area contributed by atoms with E-state index in [0.29, 0.717) is 24.4 Å². The summed E-state index contributed by atoms with van der Waals surface area (Å²) in [5.41, 5.74) is 3.57. The molecule has 1 fully saturated rings. The summed E-state index contributed by atoms with van der Waals surface area (Å²) in [5, 5.41) is 8.69. The number of rotatable bonds is 11. The van der Waals surface area contributed by atoms with E-state index in [9.17, 15) is 0 Å². The van der Waals surface area contributed by atoms with Crippen LogP contribution < -0.4 is 25.6 Å². The first-order chi connectivity index (χ1) is 19.5. The molecule has 0 amide bonds. The second kappa shape index (κ2) is 12.8. The molecule has 2 aromatic heterocycles. The van der Waals surface area contributed by atoms with Crippen LogP contribution in [0.5, 0.6) is 5.75 Å². The summed E-state index contributed by atoms with van der Waals surface area (Å²) in [7, 11) is 6.40. The molecule has 3 N–H and O–H groups in total. The Balaban J connectivity index is 1.41. The third-order valence-electron chi connectivity index (χ3n) is 7.15. The highest BCUT2D eigenvalue weighted by Gasteiger charge is 2.23. The second-order valence-electron chi connectivity index (χ2n) is 9.82. The van der Waals surface area contributed by atoms with Gasteiger partial charge < -0.3 is 39.2 Å². The highest BCUT2D eigenvalue weighted by atomic mass is 31.2. The molecule has 4 aromatic rings. The number of aromatic amines is 1. The van der Waals surface area contributed by atoms with Gasteiger partial charge in [0.25, 0.3) is 0 Å². The molecule has 0 radical (unpaired) electrons. The van der Waals surface area contributed by atoms with Gasteiger partial charge in [0.2, 0.25) is 14.3 Å². The van der Waals surface area contributed by atoms with Crippen LogP contribution in [0.3, 0.4) is 0 Å². The average Bonchev–Trinajstić information content (AvgIpc) is 3.44. The summed E-state index contributed by atoms with van der Waals surface area (Å²) in [4.78, 5) is 17.5. The molecule has 0 spiro atoms. The number of nitrogens with zero attached hydrogens (tertiary/aromatic N) is 4. The fourth-order valence-electron chi connectivity index (χ4n) is 5.11. The molecule has 1 aliphatic rings. The molecular weight excluding hydrogens is 525 g/mol. The van der Waals surface area contributed by atoms with Crippen LogP contribution in [0.15, 0.2) is 54.7 Å². The van der Waals surface area contributed by atoms with E-state index in [4.69, 9.17) is 23.8 Å². The summed E-state index contributed by atoms with van der Waals surface area (Å²) < 4.78 is 17.2. The molecule has 5 rings (SSSR count). The molecule has 2 aromatic carbocycles. The third-order valence-corrected chi connectivity index (χ3v) is 8.60. The number of para-hydroxylation sites is 1. The molecule has 0 aliphatic carbocycles. The Morgan fingerprint density at radius 1 is 1.02 bits per heavy atom. The molecule has 1 saturated heterocycles. The molecule has 0 atom stereocenters. The number of H-pyrrole nitrogens is 1. The number of aromatic nitrogens is 3. The quantitative estimate of drug-likeness (QED) is 0.201. The van der Waals surface area contributed by atoms with Crippen LogP contribution >= 0.6 is 8.38 Å². The summed E-state index contributed by atoms with van der Waals surface area (Å²) in [6, 6.07) is 16.7. The lowest BCUT2D eigenvalue weighted by Gasteiger charge is -2.37. The minimum atomic E-state index is -1.22. The zero-order valence-corrected chi connectivity index (χ0v) is 24.7. The minimum Gasteiger partial charge on any atom is -0.492 e. The van der Waals surface area contributed by atoms with Crippen molar-refractivity contribution in [3.05, 3.63) is 54.7 Å². The van der Waals surface area contributed by atoms with Gasteiger partial charge in [0.1, 0.15) is 17.2 Å². The van der Waals surface area contributed by atoms with Gasteiger partial charge in [-0.1, -0.05) is 12.1 Å². The number of piperidine rings is 1. The van der Waals surface area contributed by atoms with Crippen molar-refractivity contribution in [2.24, 2.45) is 0 Å². The molecule has 11 heteroatoms. The Kier molecular flexibility index (Phi) is 9.01. The third kappa shape index (κ3) is 6.15. The van der Waals surface area contributed by atoms with Crippen LogP contribution in [0.25, 0.3) is 11.0 Å². The molecule has 40 heavy (non-hydrogen) atoms. The molecule has 0 saturated carbocycles. The number of ether oxygens (including phenoxy) is 1. The molecule has 0 bridgehead atoms. The van der Waals surface area contributed by atoms with Crippen LogP contribution in [0.1, 0.15) is 19.8 Å². The molecule has 3 heterocycles. The van der Waals surface area contributed by atoms with Crippen LogP contribution in [0.2, 0.25) is 0 Å². The van der Waals surface area contributed by atoms with Crippen LogP contribution in [-0.4, -0.2) is 73.9 Å². The van der Waals surface area contributed by atoms with Crippen molar-refractivity contribution in [1.82, 2.24) is 19.9 Å². The number of hydrogen-bond donors (Lipinski definition) is 3. The van der Waals surface area contributed by atoms with E-state index in [2.05, 4.69) is 51.6 Å². The standard InChI is InChI=1S/C29H38N7O3P/c1-6-39-25-19-20(11-12-24(25)36-17-14-21(15-18-36)35(2)3)31-29-33-27-22(13-16-30-27)28(34-29)32-23-9-7-8-10-26(23)40(37-4)38-5/h7-13,16,19,21H,6,14-15,17-18H2,1-5H3,(H3,30,31,32,33,34). The van der Waals surface area contributed by atoms with Crippen LogP contribution in [0.4, 0.5) is 28.8 Å². The van der Waals surface area contributed by atoms with Gasteiger partial charge in [0.05, 0.1) is 28.7 Å². The average molecular weight is 564 g/mol. The molecule has 1 aliphatic heterocycles. The van der Waals surface area contributed by atoms with Gasteiger partial charge in [-0.2, -0.15) is 9.97 Å². The predicted octanol–water partition coefficient (Wildman–Crippen LogP) is 5.60. The van der Waals surface area contributed by atoms with Crippen molar-refractivity contribution < 1.29 is 13.8 Å². The highest BCUT2D eigenvalue weighted by molar-refractivity contribution is 7.56. The van der Waals surface area contributed by atoms with E-state index in [1.165, 1.54) is 0 Å². The smallest absolute Gasteiger partial charge is 0.231 e. The summed E-state index contributed by atoms with van der Waals surface area (Å²) in [5.74, 6) is 2.00. The number of benzene rings is 2. The zero-order chi connectivity index (χ0) is 28.1.